The molecule has 2 aromatic carbocycles. The molecule has 1 aromatic heterocycles. The third-order valence-corrected chi connectivity index (χ3v) is 5.72. The first-order valence-corrected chi connectivity index (χ1v) is 10.9. The molecule has 1 heterocycles. The number of rotatable bonds is 9. The van der Waals surface area contributed by atoms with E-state index in [-0.39, 0.29) is 0 Å². The van der Waals surface area contributed by atoms with Crippen molar-refractivity contribution in [1.29, 1.82) is 0 Å². The van der Waals surface area contributed by atoms with Gasteiger partial charge in [-0.1, -0.05) is 49.6 Å². The molecule has 154 valence electrons. The number of hydrogen-bond donors (Lipinski definition) is 0. The highest BCUT2D eigenvalue weighted by atomic mass is 16.5. The van der Waals surface area contributed by atoms with Crippen LogP contribution in [0.3, 0.4) is 0 Å². The summed E-state index contributed by atoms with van der Waals surface area (Å²) in [5, 5.41) is 0. The Labute approximate surface area is 173 Å². The molecule has 0 radical (unpaired) electrons. The quantitative estimate of drug-likeness (QED) is 0.386. The summed E-state index contributed by atoms with van der Waals surface area (Å²) < 4.78 is 17.7. The molecule has 4 rings (SSSR count). The molecule has 1 fully saturated rings. The predicted molar refractivity (Wildman–Crippen MR) is 115 cm³/mol. The molecule has 0 atom stereocenters. The molecule has 3 aromatic rings. The minimum Gasteiger partial charge on any atom is -0.493 e. The zero-order valence-corrected chi connectivity index (χ0v) is 17.4. The lowest BCUT2D eigenvalue weighted by Crippen LogP contribution is -2.08. The van der Waals surface area contributed by atoms with Gasteiger partial charge in [-0.05, 0) is 48.8 Å². The van der Waals surface area contributed by atoms with Crippen LogP contribution in [0, 0.1) is 6.92 Å². The zero-order chi connectivity index (χ0) is 19.9. The largest absolute Gasteiger partial charge is 0.493 e. The van der Waals surface area contributed by atoms with Gasteiger partial charge >= 0.3 is 0 Å². The molecule has 29 heavy (non-hydrogen) atoms. The van der Waals surface area contributed by atoms with Crippen LogP contribution in [0.15, 0.2) is 46.9 Å². The van der Waals surface area contributed by atoms with E-state index in [4.69, 9.17) is 13.9 Å². The lowest BCUT2D eigenvalue weighted by Gasteiger charge is -2.24. The molecule has 4 heteroatoms. The Morgan fingerprint density at radius 3 is 2.62 bits per heavy atom. The van der Waals surface area contributed by atoms with Gasteiger partial charge in [0.05, 0.1) is 13.2 Å². The summed E-state index contributed by atoms with van der Waals surface area (Å²) in [4.78, 5) is 4.53. The van der Waals surface area contributed by atoms with Gasteiger partial charge in [0, 0.05) is 19.6 Å². The first-order valence-electron chi connectivity index (χ1n) is 10.9. The summed E-state index contributed by atoms with van der Waals surface area (Å²) in [6.07, 6.45) is 8.41. The van der Waals surface area contributed by atoms with Gasteiger partial charge in [-0.3, -0.25) is 0 Å². The number of nitrogens with zero attached hydrogens (tertiary/aromatic N) is 1. The van der Waals surface area contributed by atoms with Gasteiger partial charge in [-0.15, -0.1) is 0 Å². The monoisotopic (exact) mass is 393 g/mol. The molecule has 0 N–H and O–H groups in total. The lowest BCUT2D eigenvalue weighted by molar-refractivity contribution is 0.113. The fourth-order valence-electron chi connectivity index (χ4n) is 4.20. The van der Waals surface area contributed by atoms with Gasteiger partial charge in [0.1, 0.15) is 11.3 Å². The fraction of sp³-hybridized carbons (Fsp3) is 0.480. The Balaban J connectivity index is 1.30. The summed E-state index contributed by atoms with van der Waals surface area (Å²) in [6, 6.07) is 14.5. The number of unbranched alkanes of at least 4 members (excludes halogenated alkanes) is 1. The SMILES string of the molecule is Cc1nc2cc(C3CCCCC3)c(OCCCCOCc3ccccc3)cc2o1. The number of oxazole rings is 1. The maximum Gasteiger partial charge on any atom is 0.192 e. The molecule has 1 aliphatic rings. The van der Waals surface area contributed by atoms with Crippen molar-refractivity contribution in [3.63, 3.8) is 0 Å². The van der Waals surface area contributed by atoms with Crippen LogP contribution in [0.25, 0.3) is 11.1 Å². The molecule has 0 amide bonds. The Morgan fingerprint density at radius 2 is 1.79 bits per heavy atom. The van der Waals surface area contributed by atoms with Crippen molar-refractivity contribution < 1.29 is 13.9 Å². The minimum absolute atomic E-state index is 0.578. The number of fused-ring (bicyclic) bond motifs is 1. The highest BCUT2D eigenvalue weighted by Gasteiger charge is 2.21. The third-order valence-electron chi connectivity index (χ3n) is 5.72. The van der Waals surface area contributed by atoms with Crippen LogP contribution >= 0.6 is 0 Å². The second-order valence-electron chi connectivity index (χ2n) is 8.02. The Kier molecular flexibility index (Phi) is 6.83. The molecular weight excluding hydrogens is 362 g/mol. The van der Waals surface area contributed by atoms with Crippen molar-refractivity contribution in [2.24, 2.45) is 0 Å². The maximum atomic E-state index is 6.23. The number of ether oxygens (including phenoxy) is 2. The highest BCUT2D eigenvalue weighted by molar-refractivity contribution is 5.76. The number of benzene rings is 2. The van der Waals surface area contributed by atoms with Crippen LogP contribution in [0.2, 0.25) is 0 Å². The molecular formula is C25H31NO3. The van der Waals surface area contributed by atoms with Crippen molar-refractivity contribution in [3.8, 4) is 5.75 Å². The van der Waals surface area contributed by atoms with Gasteiger partial charge in [0.25, 0.3) is 0 Å². The molecule has 0 aliphatic heterocycles. The normalized spacial score (nSPS) is 15.1. The average Bonchev–Trinajstić information content (AvgIpc) is 3.12. The molecule has 0 unspecified atom stereocenters. The molecule has 0 bridgehead atoms. The molecule has 0 spiro atoms. The lowest BCUT2D eigenvalue weighted by atomic mass is 9.83. The van der Waals surface area contributed by atoms with E-state index in [1.165, 1.54) is 43.2 Å². The minimum atomic E-state index is 0.578. The molecule has 4 nitrogen and oxygen atoms in total. The van der Waals surface area contributed by atoms with Crippen LogP contribution in [-0.2, 0) is 11.3 Å². The third kappa shape index (κ3) is 5.39. The van der Waals surface area contributed by atoms with Gasteiger partial charge in [0.15, 0.2) is 11.5 Å². The van der Waals surface area contributed by atoms with Gasteiger partial charge < -0.3 is 13.9 Å². The van der Waals surface area contributed by atoms with Crippen molar-refractivity contribution in [2.75, 3.05) is 13.2 Å². The van der Waals surface area contributed by atoms with E-state index < -0.39 is 0 Å². The van der Waals surface area contributed by atoms with Crippen LogP contribution in [0.5, 0.6) is 5.75 Å². The van der Waals surface area contributed by atoms with Gasteiger partial charge in [-0.25, -0.2) is 4.98 Å². The molecule has 1 saturated carbocycles. The van der Waals surface area contributed by atoms with Crippen molar-refractivity contribution in [1.82, 2.24) is 4.98 Å². The van der Waals surface area contributed by atoms with E-state index in [0.717, 1.165) is 36.3 Å². The highest BCUT2D eigenvalue weighted by Crippen LogP contribution is 2.39. The predicted octanol–water partition coefficient (Wildman–Crippen LogP) is 6.56. The Morgan fingerprint density at radius 1 is 1.00 bits per heavy atom. The molecule has 1 aliphatic carbocycles. The maximum absolute atomic E-state index is 6.23. The summed E-state index contributed by atoms with van der Waals surface area (Å²) in [6.45, 7) is 4.03. The van der Waals surface area contributed by atoms with E-state index in [9.17, 15) is 0 Å². The smallest absolute Gasteiger partial charge is 0.192 e. The van der Waals surface area contributed by atoms with Crippen molar-refractivity contribution in [2.45, 2.75) is 64.4 Å². The summed E-state index contributed by atoms with van der Waals surface area (Å²) in [7, 11) is 0. The van der Waals surface area contributed by atoms with E-state index in [1.807, 2.05) is 31.2 Å². The zero-order valence-electron chi connectivity index (χ0n) is 17.4. The second kappa shape index (κ2) is 9.93. The average molecular weight is 394 g/mol. The molecule has 0 saturated heterocycles. The Bertz CT molecular complexity index is 897. The van der Waals surface area contributed by atoms with E-state index in [2.05, 4.69) is 23.2 Å². The van der Waals surface area contributed by atoms with Gasteiger partial charge in [-0.2, -0.15) is 0 Å². The fourth-order valence-corrected chi connectivity index (χ4v) is 4.20. The van der Waals surface area contributed by atoms with Crippen LogP contribution in [0.4, 0.5) is 0 Å². The topological polar surface area (TPSA) is 44.5 Å². The van der Waals surface area contributed by atoms with E-state index in [1.54, 1.807) is 0 Å². The Hall–Kier alpha value is -2.33. The number of hydrogen-bond acceptors (Lipinski definition) is 4. The summed E-state index contributed by atoms with van der Waals surface area (Å²) in [5.41, 5.74) is 4.30. The standard InChI is InChI=1S/C25H31NO3/c1-19-26-23-16-22(21-12-6-3-7-13-21)24(17-25(23)29-19)28-15-9-8-14-27-18-20-10-4-2-5-11-20/h2,4-5,10-11,16-17,21H,3,6-9,12-15,18H2,1H3. The summed E-state index contributed by atoms with van der Waals surface area (Å²) in [5.74, 6) is 2.27. The van der Waals surface area contributed by atoms with Crippen molar-refractivity contribution in [3.05, 3.63) is 59.5 Å². The second-order valence-corrected chi connectivity index (χ2v) is 8.02. The summed E-state index contributed by atoms with van der Waals surface area (Å²) >= 11 is 0. The van der Waals surface area contributed by atoms with Crippen LogP contribution in [-0.4, -0.2) is 18.2 Å². The first-order chi connectivity index (χ1) is 14.3. The van der Waals surface area contributed by atoms with Gasteiger partial charge in [0.2, 0.25) is 0 Å². The van der Waals surface area contributed by atoms with Crippen LogP contribution < -0.4 is 4.74 Å². The number of aromatic nitrogens is 1. The first kappa shape index (κ1) is 20.0. The van der Waals surface area contributed by atoms with E-state index in [0.29, 0.717) is 25.0 Å². The van der Waals surface area contributed by atoms with E-state index >= 15 is 0 Å². The van der Waals surface area contributed by atoms with Crippen LogP contribution in [0.1, 0.15) is 67.9 Å². The van der Waals surface area contributed by atoms with Crippen molar-refractivity contribution >= 4 is 11.1 Å². The number of aryl methyl sites for hydroxylation is 1.